The molecule has 1 aromatic carbocycles. The zero-order valence-electron chi connectivity index (χ0n) is 9.18. The fraction of sp³-hybridized carbons (Fsp3) is 0.455. The van der Waals surface area contributed by atoms with Gasteiger partial charge < -0.3 is 10.4 Å². The van der Waals surface area contributed by atoms with Gasteiger partial charge in [0, 0.05) is 6.54 Å². The minimum atomic E-state index is -4.39. The number of benzene rings is 1. The molecule has 2 N–H and O–H groups in total. The number of hydrogen-bond acceptors (Lipinski definition) is 2. The second kappa shape index (κ2) is 5.60. The molecule has 17 heavy (non-hydrogen) atoms. The van der Waals surface area contributed by atoms with Crippen LogP contribution in [0.15, 0.2) is 18.2 Å². The van der Waals surface area contributed by atoms with Crippen molar-refractivity contribution in [2.45, 2.75) is 25.6 Å². The molecular formula is C11H13ClF3NO. The van der Waals surface area contributed by atoms with Gasteiger partial charge in [-0.25, -0.2) is 0 Å². The van der Waals surface area contributed by atoms with Crippen LogP contribution >= 0.6 is 11.6 Å². The smallest absolute Gasteiger partial charge is 0.393 e. The highest BCUT2D eigenvalue weighted by Gasteiger charge is 2.30. The lowest BCUT2D eigenvalue weighted by Gasteiger charge is -2.12. The molecule has 0 aliphatic heterocycles. The first-order valence-corrected chi connectivity index (χ1v) is 5.47. The van der Waals surface area contributed by atoms with Crippen molar-refractivity contribution in [3.63, 3.8) is 0 Å². The molecule has 0 aromatic heterocycles. The molecule has 0 spiro atoms. The number of aliphatic hydroxyl groups excluding tert-OH is 1. The maximum Gasteiger partial charge on any atom is 0.416 e. The van der Waals surface area contributed by atoms with E-state index >= 15 is 0 Å². The van der Waals surface area contributed by atoms with Crippen LogP contribution in [0.2, 0.25) is 5.02 Å². The summed E-state index contributed by atoms with van der Waals surface area (Å²) in [6.45, 7) is 2.08. The lowest BCUT2D eigenvalue weighted by molar-refractivity contribution is -0.137. The number of alkyl halides is 3. The summed E-state index contributed by atoms with van der Waals surface area (Å²) in [7, 11) is 0. The third kappa shape index (κ3) is 4.44. The van der Waals surface area contributed by atoms with Gasteiger partial charge in [-0.15, -0.1) is 0 Å². The predicted molar refractivity (Wildman–Crippen MR) is 61.2 cm³/mol. The van der Waals surface area contributed by atoms with Crippen molar-refractivity contribution in [2.75, 3.05) is 11.9 Å². The monoisotopic (exact) mass is 267 g/mol. The Morgan fingerprint density at radius 3 is 2.53 bits per heavy atom. The van der Waals surface area contributed by atoms with E-state index in [1.165, 1.54) is 6.07 Å². The van der Waals surface area contributed by atoms with Crippen LogP contribution in [-0.4, -0.2) is 17.8 Å². The summed E-state index contributed by atoms with van der Waals surface area (Å²) in [6, 6.07) is 3.13. The molecule has 0 aliphatic carbocycles. The van der Waals surface area contributed by atoms with E-state index in [1.54, 1.807) is 6.92 Å². The zero-order chi connectivity index (χ0) is 13.1. The third-order valence-electron chi connectivity index (χ3n) is 2.17. The minimum absolute atomic E-state index is 0.0189. The number of hydrogen-bond donors (Lipinski definition) is 2. The Hall–Kier alpha value is -0.940. The number of anilines is 1. The highest BCUT2D eigenvalue weighted by Crippen LogP contribution is 2.33. The van der Waals surface area contributed by atoms with Crippen LogP contribution in [0.1, 0.15) is 18.9 Å². The maximum absolute atomic E-state index is 12.3. The molecule has 0 aliphatic rings. The van der Waals surface area contributed by atoms with Gasteiger partial charge in [-0.05, 0) is 31.5 Å². The summed E-state index contributed by atoms with van der Waals surface area (Å²) < 4.78 is 37.0. The van der Waals surface area contributed by atoms with E-state index in [-0.39, 0.29) is 5.02 Å². The summed E-state index contributed by atoms with van der Waals surface area (Å²) in [6.07, 6.45) is -4.35. The molecule has 0 bridgehead atoms. The fourth-order valence-electron chi connectivity index (χ4n) is 1.25. The lowest BCUT2D eigenvalue weighted by atomic mass is 10.2. The van der Waals surface area contributed by atoms with Crippen LogP contribution in [0.25, 0.3) is 0 Å². The Morgan fingerprint density at radius 2 is 2.06 bits per heavy atom. The van der Waals surface area contributed by atoms with Gasteiger partial charge in [-0.3, -0.25) is 0 Å². The highest BCUT2D eigenvalue weighted by atomic mass is 35.5. The first-order valence-electron chi connectivity index (χ1n) is 5.09. The zero-order valence-corrected chi connectivity index (χ0v) is 9.94. The maximum atomic E-state index is 12.3. The molecule has 2 nitrogen and oxygen atoms in total. The van der Waals surface area contributed by atoms with Gasteiger partial charge >= 0.3 is 6.18 Å². The van der Waals surface area contributed by atoms with Gasteiger partial charge in [0.15, 0.2) is 0 Å². The van der Waals surface area contributed by atoms with Crippen LogP contribution < -0.4 is 5.32 Å². The molecule has 1 unspecified atom stereocenters. The molecule has 0 amide bonds. The highest BCUT2D eigenvalue weighted by molar-refractivity contribution is 6.33. The summed E-state index contributed by atoms with van der Waals surface area (Å²) >= 11 is 5.73. The third-order valence-corrected chi connectivity index (χ3v) is 2.49. The molecule has 1 rings (SSSR count). The molecule has 0 saturated carbocycles. The lowest BCUT2D eigenvalue weighted by Crippen LogP contribution is -2.10. The van der Waals surface area contributed by atoms with E-state index in [1.807, 2.05) is 0 Å². The van der Waals surface area contributed by atoms with E-state index in [4.69, 9.17) is 16.7 Å². The normalized spacial score (nSPS) is 13.5. The SMILES string of the molecule is CC(O)CCNc1ccc(C(F)(F)F)cc1Cl. The molecule has 1 atom stereocenters. The summed E-state index contributed by atoms with van der Waals surface area (Å²) in [5.74, 6) is 0. The molecule has 0 saturated heterocycles. The molecule has 1 aromatic rings. The summed E-state index contributed by atoms with van der Waals surface area (Å²) in [4.78, 5) is 0. The molecular weight excluding hydrogens is 255 g/mol. The topological polar surface area (TPSA) is 32.3 Å². The Morgan fingerprint density at radius 1 is 1.41 bits per heavy atom. The van der Waals surface area contributed by atoms with Crippen LogP contribution in [0.3, 0.4) is 0 Å². The van der Waals surface area contributed by atoms with Crippen molar-refractivity contribution in [1.29, 1.82) is 0 Å². The molecule has 0 fully saturated rings. The number of halogens is 4. The van der Waals surface area contributed by atoms with Crippen LogP contribution in [0, 0.1) is 0 Å². The van der Waals surface area contributed by atoms with E-state index < -0.39 is 17.8 Å². The van der Waals surface area contributed by atoms with Crippen LogP contribution in [0.5, 0.6) is 0 Å². The minimum Gasteiger partial charge on any atom is -0.393 e. The first kappa shape index (κ1) is 14.1. The number of nitrogens with one attached hydrogen (secondary N) is 1. The van der Waals surface area contributed by atoms with Gasteiger partial charge in [-0.2, -0.15) is 13.2 Å². The molecule has 6 heteroatoms. The van der Waals surface area contributed by atoms with Crippen molar-refractivity contribution in [3.8, 4) is 0 Å². The quantitative estimate of drug-likeness (QED) is 0.874. The van der Waals surface area contributed by atoms with Crippen molar-refractivity contribution < 1.29 is 18.3 Å². The molecule has 0 heterocycles. The second-order valence-electron chi connectivity index (χ2n) is 3.76. The largest absolute Gasteiger partial charge is 0.416 e. The molecule has 96 valence electrons. The number of aliphatic hydroxyl groups is 1. The van der Waals surface area contributed by atoms with Crippen molar-refractivity contribution >= 4 is 17.3 Å². The van der Waals surface area contributed by atoms with Gasteiger partial charge in [0.2, 0.25) is 0 Å². The van der Waals surface area contributed by atoms with Crippen LogP contribution in [-0.2, 0) is 6.18 Å². The Bertz CT molecular complexity index is 379. The van der Waals surface area contributed by atoms with Gasteiger partial charge in [0.1, 0.15) is 0 Å². The Kier molecular flexibility index (Phi) is 4.65. The van der Waals surface area contributed by atoms with Gasteiger partial charge in [-0.1, -0.05) is 11.6 Å². The van der Waals surface area contributed by atoms with E-state index in [2.05, 4.69) is 5.32 Å². The summed E-state index contributed by atoms with van der Waals surface area (Å²) in [5, 5.41) is 11.9. The fourth-order valence-corrected chi connectivity index (χ4v) is 1.50. The van der Waals surface area contributed by atoms with Crippen molar-refractivity contribution in [2.24, 2.45) is 0 Å². The number of rotatable bonds is 4. The van der Waals surface area contributed by atoms with Crippen molar-refractivity contribution in [3.05, 3.63) is 28.8 Å². The Balaban J connectivity index is 2.70. The summed E-state index contributed by atoms with van der Waals surface area (Å²) in [5.41, 5.74) is -0.344. The average molecular weight is 268 g/mol. The molecule has 0 radical (unpaired) electrons. The van der Waals surface area contributed by atoms with Gasteiger partial charge in [0.05, 0.1) is 22.4 Å². The second-order valence-corrected chi connectivity index (χ2v) is 4.16. The van der Waals surface area contributed by atoms with E-state index in [9.17, 15) is 13.2 Å². The standard InChI is InChI=1S/C11H13ClF3NO/c1-7(17)4-5-16-10-3-2-8(6-9(10)12)11(13,14)15/h2-3,6-7,16-17H,4-5H2,1H3. The van der Waals surface area contributed by atoms with Gasteiger partial charge in [0.25, 0.3) is 0 Å². The average Bonchev–Trinajstić information content (AvgIpc) is 2.18. The van der Waals surface area contributed by atoms with Crippen molar-refractivity contribution in [1.82, 2.24) is 0 Å². The van der Waals surface area contributed by atoms with E-state index in [0.717, 1.165) is 12.1 Å². The predicted octanol–water partition coefficient (Wildman–Crippen LogP) is 3.54. The Labute approximate surface area is 102 Å². The van der Waals surface area contributed by atoms with E-state index in [0.29, 0.717) is 18.7 Å². The van der Waals surface area contributed by atoms with Crippen LogP contribution in [0.4, 0.5) is 18.9 Å². The first-order chi connectivity index (χ1) is 7.80.